The van der Waals surface area contributed by atoms with Gasteiger partial charge in [0.15, 0.2) is 6.29 Å². The zero-order valence-corrected chi connectivity index (χ0v) is 4.85. The Balaban J connectivity index is 3.70. The van der Waals surface area contributed by atoms with Gasteiger partial charge in [-0.15, -0.1) is 0 Å². The molecular weight excluding hydrogens is 104 g/mol. The number of aldehydes is 1. The topological polar surface area (TPSA) is 55.1 Å². The molecule has 0 aromatic rings. The van der Waals surface area contributed by atoms with Gasteiger partial charge in [0.2, 0.25) is 0 Å². The smallest absolute Gasteiger partial charge is 0.159 e. The van der Waals surface area contributed by atoms with Gasteiger partial charge in [0.25, 0.3) is 0 Å². The molecule has 3 heteroatoms. The molecule has 0 rings (SSSR count). The Morgan fingerprint density at radius 2 is 2.38 bits per heavy atom. The Hall–Kier alpha value is -0.830. The molecule has 0 fully saturated rings. The number of nitrogens with one attached hydrogen (secondary N) is 1. The van der Waals surface area contributed by atoms with E-state index in [1.54, 1.807) is 6.92 Å². The van der Waals surface area contributed by atoms with E-state index in [0.29, 0.717) is 6.29 Å². The Labute approximate surface area is 48.6 Å². The molecule has 8 heavy (non-hydrogen) atoms. The van der Waals surface area contributed by atoms with Gasteiger partial charge in [0, 0.05) is 0 Å². The van der Waals surface area contributed by atoms with Crippen molar-refractivity contribution in [2.75, 3.05) is 0 Å². The van der Waals surface area contributed by atoms with Gasteiger partial charge in [-0.3, -0.25) is 4.79 Å². The second-order valence-corrected chi connectivity index (χ2v) is 1.75. The number of nitrogens with two attached hydrogens (primary N) is 1. The molecule has 0 aliphatic rings. The van der Waals surface area contributed by atoms with Gasteiger partial charge < -0.3 is 11.1 Å². The van der Waals surface area contributed by atoms with Crippen molar-refractivity contribution in [1.29, 1.82) is 0 Å². The van der Waals surface area contributed by atoms with Crippen LogP contribution in [0.15, 0.2) is 12.8 Å². The number of carbonyl (C=O) groups is 1. The van der Waals surface area contributed by atoms with Crippen LogP contribution in [0.5, 0.6) is 0 Å². The summed E-state index contributed by atoms with van der Waals surface area (Å²) in [6.45, 7) is 4.90. The van der Waals surface area contributed by atoms with Crippen molar-refractivity contribution in [3.63, 3.8) is 0 Å². The molecule has 0 saturated heterocycles. The van der Waals surface area contributed by atoms with E-state index in [1.807, 2.05) is 0 Å². The van der Waals surface area contributed by atoms with Gasteiger partial charge in [-0.25, -0.2) is 0 Å². The molecular formula is C5H10N2O. The highest BCUT2D eigenvalue weighted by Gasteiger charge is 2.11. The molecule has 0 amide bonds. The third kappa shape index (κ3) is 2.36. The van der Waals surface area contributed by atoms with Crippen LogP contribution in [-0.4, -0.2) is 11.9 Å². The van der Waals surface area contributed by atoms with E-state index < -0.39 is 5.66 Å². The molecule has 1 unspecified atom stereocenters. The molecule has 3 nitrogen and oxygen atoms in total. The van der Waals surface area contributed by atoms with E-state index in [-0.39, 0.29) is 0 Å². The van der Waals surface area contributed by atoms with E-state index in [1.165, 1.54) is 6.20 Å². The lowest BCUT2D eigenvalue weighted by Gasteiger charge is -2.15. The van der Waals surface area contributed by atoms with Crippen molar-refractivity contribution < 1.29 is 4.79 Å². The summed E-state index contributed by atoms with van der Waals surface area (Å²) < 4.78 is 0. The molecule has 0 heterocycles. The van der Waals surface area contributed by atoms with Crippen molar-refractivity contribution in [3.05, 3.63) is 12.8 Å². The summed E-state index contributed by atoms with van der Waals surface area (Å²) >= 11 is 0. The molecule has 0 aromatic carbocycles. The molecule has 46 valence electrons. The van der Waals surface area contributed by atoms with Gasteiger partial charge >= 0.3 is 0 Å². The quantitative estimate of drug-likeness (QED) is 0.387. The first kappa shape index (κ1) is 7.17. The van der Waals surface area contributed by atoms with Crippen molar-refractivity contribution in [2.24, 2.45) is 5.73 Å². The summed E-state index contributed by atoms with van der Waals surface area (Å²) in [6.07, 6.45) is 2.00. The van der Waals surface area contributed by atoms with Crippen molar-refractivity contribution in [2.45, 2.75) is 12.6 Å². The first-order chi connectivity index (χ1) is 3.62. The summed E-state index contributed by atoms with van der Waals surface area (Å²) in [5.74, 6) is 0. The number of rotatable bonds is 3. The molecule has 1 atom stereocenters. The van der Waals surface area contributed by atoms with Gasteiger partial charge in [-0.1, -0.05) is 6.58 Å². The normalized spacial score (nSPS) is 16.2. The molecule has 0 saturated carbocycles. The predicted molar refractivity (Wildman–Crippen MR) is 32.0 cm³/mol. The van der Waals surface area contributed by atoms with E-state index in [4.69, 9.17) is 5.73 Å². The maximum atomic E-state index is 9.98. The number of carbonyl (C=O) groups excluding carboxylic acids is 1. The largest absolute Gasteiger partial charge is 0.368 e. The lowest BCUT2D eigenvalue weighted by molar-refractivity contribution is -0.112. The van der Waals surface area contributed by atoms with Gasteiger partial charge in [-0.05, 0) is 13.1 Å². The average Bonchev–Trinajstić information content (AvgIpc) is 1.67. The molecule has 0 spiro atoms. The second-order valence-electron chi connectivity index (χ2n) is 1.75. The van der Waals surface area contributed by atoms with E-state index in [9.17, 15) is 4.79 Å². The van der Waals surface area contributed by atoms with E-state index >= 15 is 0 Å². The predicted octanol–water partition coefficient (Wildman–Crippen LogP) is -0.407. The van der Waals surface area contributed by atoms with Crippen molar-refractivity contribution >= 4 is 6.29 Å². The molecule has 3 N–H and O–H groups in total. The Kier molecular flexibility index (Phi) is 2.21. The minimum Gasteiger partial charge on any atom is -0.368 e. The molecule has 0 bridgehead atoms. The van der Waals surface area contributed by atoms with Crippen LogP contribution in [-0.2, 0) is 4.79 Å². The first-order valence-electron chi connectivity index (χ1n) is 2.26. The van der Waals surface area contributed by atoms with Crippen LogP contribution in [0.2, 0.25) is 0 Å². The van der Waals surface area contributed by atoms with Gasteiger partial charge in [-0.2, -0.15) is 0 Å². The zero-order valence-electron chi connectivity index (χ0n) is 4.85. The van der Waals surface area contributed by atoms with Crippen LogP contribution in [0.4, 0.5) is 0 Å². The first-order valence-corrected chi connectivity index (χ1v) is 2.26. The number of hydrogen-bond donors (Lipinski definition) is 2. The van der Waals surface area contributed by atoms with Crippen LogP contribution in [0.3, 0.4) is 0 Å². The summed E-state index contributed by atoms with van der Waals surface area (Å²) in [6, 6.07) is 0. The van der Waals surface area contributed by atoms with Crippen LogP contribution < -0.4 is 11.1 Å². The minimum atomic E-state index is -0.957. The lowest BCUT2D eigenvalue weighted by Crippen LogP contribution is -2.49. The molecule has 0 aromatic heterocycles. The molecule has 0 aliphatic heterocycles. The highest BCUT2D eigenvalue weighted by atomic mass is 16.1. The fourth-order valence-corrected chi connectivity index (χ4v) is 0.254. The highest BCUT2D eigenvalue weighted by Crippen LogP contribution is 1.83. The maximum absolute atomic E-state index is 9.98. The summed E-state index contributed by atoms with van der Waals surface area (Å²) in [5, 5.41) is 2.55. The van der Waals surface area contributed by atoms with Crippen LogP contribution in [0.25, 0.3) is 0 Å². The monoisotopic (exact) mass is 114 g/mol. The van der Waals surface area contributed by atoms with Gasteiger partial charge in [0.05, 0.1) is 0 Å². The van der Waals surface area contributed by atoms with Crippen molar-refractivity contribution in [1.82, 2.24) is 5.32 Å². The summed E-state index contributed by atoms with van der Waals surface area (Å²) in [5.41, 5.74) is 4.32. The third-order valence-corrected chi connectivity index (χ3v) is 0.658. The van der Waals surface area contributed by atoms with Crippen LogP contribution in [0, 0.1) is 0 Å². The number of hydrogen-bond acceptors (Lipinski definition) is 3. The highest BCUT2D eigenvalue weighted by molar-refractivity contribution is 5.62. The Bertz CT molecular complexity index is 98.6. The SMILES string of the molecule is C=CNC(C)(N)C=O. The molecule has 0 aliphatic carbocycles. The molecule has 0 radical (unpaired) electrons. The minimum absolute atomic E-state index is 0.620. The standard InChI is InChI=1S/C5H10N2O/c1-3-7-5(2,6)4-8/h3-4,7H,1,6H2,2H3. The second kappa shape index (κ2) is 2.47. The summed E-state index contributed by atoms with van der Waals surface area (Å²) in [7, 11) is 0. The van der Waals surface area contributed by atoms with Crippen LogP contribution >= 0.6 is 0 Å². The van der Waals surface area contributed by atoms with E-state index in [2.05, 4.69) is 11.9 Å². The van der Waals surface area contributed by atoms with Crippen LogP contribution in [0.1, 0.15) is 6.92 Å². The van der Waals surface area contributed by atoms with E-state index in [0.717, 1.165) is 0 Å². The van der Waals surface area contributed by atoms with Gasteiger partial charge in [0.1, 0.15) is 5.66 Å². The lowest BCUT2D eigenvalue weighted by atomic mass is 10.3. The summed E-state index contributed by atoms with van der Waals surface area (Å²) in [4.78, 5) is 9.98. The zero-order chi connectivity index (χ0) is 6.62. The Morgan fingerprint density at radius 1 is 1.88 bits per heavy atom. The maximum Gasteiger partial charge on any atom is 0.159 e. The average molecular weight is 114 g/mol. The van der Waals surface area contributed by atoms with Crippen molar-refractivity contribution in [3.8, 4) is 0 Å². The fourth-order valence-electron chi connectivity index (χ4n) is 0.254. The Morgan fingerprint density at radius 3 is 2.50 bits per heavy atom. The fraction of sp³-hybridized carbons (Fsp3) is 0.400. The third-order valence-electron chi connectivity index (χ3n) is 0.658.